The van der Waals surface area contributed by atoms with Gasteiger partial charge in [0, 0.05) is 13.7 Å². The molecule has 0 unspecified atom stereocenters. The normalized spacial score (nSPS) is 11.7. The highest BCUT2D eigenvalue weighted by Crippen LogP contribution is 2.25. The summed E-state index contributed by atoms with van der Waals surface area (Å²) in [6, 6.07) is 11.8. The molecule has 3 aromatic rings. The van der Waals surface area contributed by atoms with E-state index in [-0.39, 0.29) is 12.4 Å². The van der Waals surface area contributed by atoms with Crippen molar-refractivity contribution in [2.24, 2.45) is 4.99 Å². The maximum Gasteiger partial charge on any atom is 0.286 e. The summed E-state index contributed by atoms with van der Waals surface area (Å²) in [6.45, 7) is 0.511. The van der Waals surface area contributed by atoms with Crippen LogP contribution in [0.1, 0.15) is 0 Å². The minimum Gasteiger partial charge on any atom is -0.493 e. The molecule has 0 aliphatic carbocycles. The Labute approximate surface area is 159 Å². The number of thiazole rings is 1. The fourth-order valence-corrected chi connectivity index (χ4v) is 3.67. The first-order valence-corrected chi connectivity index (χ1v) is 9.06. The van der Waals surface area contributed by atoms with E-state index in [4.69, 9.17) is 14.2 Å². The summed E-state index contributed by atoms with van der Waals surface area (Å²) >= 11 is 1.25. The van der Waals surface area contributed by atoms with E-state index in [1.54, 1.807) is 42.0 Å². The van der Waals surface area contributed by atoms with Crippen LogP contribution < -0.4 is 14.3 Å². The van der Waals surface area contributed by atoms with Crippen molar-refractivity contribution in [2.75, 3.05) is 27.4 Å². The van der Waals surface area contributed by atoms with Crippen molar-refractivity contribution in [1.82, 2.24) is 4.57 Å². The number of benzene rings is 2. The van der Waals surface area contributed by atoms with Gasteiger partial charge in [-0.1, -0.05) is 29.5 Å². The second-order valence-electron chi connectivity index (χ2n) is 5.56. The van der Waals surface area contributed by atoms with E-state index in [0.717, 1.165) is 0 Å². The molecule has 3 rings (SSSR count). The Morgan fingerprint density at radius 2 is 1.93 bits per heavy atom. The molecule has 1 amide bonds. The lowest BCUT2D eigenvalue weighted by atomic mass is 10.3. The largest absolute Gasteiger partial charge is 0.493 e. The van der Waals surface area contributed by atoms with Crippen molar-refractivity contribution in [2.45, 2.75) is 6.54 Å². The number of hydrogen-bond donors (Lipinski definition) is 0. The van der Waals surface area contributed by atoms with E-state index in [1.165, 1.54) is 24.5 Å². The summed E-state index contributed by atoms with van der Waals surface area (Å²) in [5, 5.41) is 0. The molecule has 0 atom stereocenters. The molecule has 1 aromatic heterocycles. The minimum atomic E-state index is -0.473. The number of halogens is 1. The molecule has 1 heterocycles. The number of nitrogens with zero attached hydrogens (tertiary/aromatic N) is 2. The lowest BCUT2D eigenvalue weighted by molar-refractivity contribution is -0.120. The van der Waals surface area contributed by atoms with Gasteiger partial charge in [0.25, 0.3) is 5.91 Å². The molecular formula is C19H19FN2O4S. The number of ether oxygens (including phenoxy) is 3. The zero-order valence-corrected chi connectivity index (χ0v) is 15.8. The van der Waals surface area contributed by atoms with Crippen LogP contribution in [0.5, 0.6) is 11.5 Å². The van der Waals surface area contributed by atoms with Crippen LogP contribution in [0.25, 0.3) is 10.2 Å². The number of amides is 1. The lowest BCUT2D eigenvalue weighted by Crippen LogP contribution is -2.21. The van der Waals surface area contributed by atoms with Crippen molar-refractivity contribution in [3.05, 3.63) is 53.1 Å². The van der Waals surface area contributed by atoms with Crippen LogP contribution in [0.3, 0.4) is 0 Å². The monoisotopic (exact) mass is 390 g/mol. The summed E-state index contributed by atoms with van der Waals surface area (Å²) in [6.07, 6.45) is 0. The van der Waals surface area contributed by atoms with E-state index in [9.17, 15) is 9.18 Å². The van der Waals surface area contributed by atoms with Gasteiger partial charge in [-0.15, -0.1) is 0 Å². The Balaban J connectivity index is 1.88. The highest BCUT2D eigenvalue weighted by atomic mass is 32.1. The molecule has 6 nitrogen and oxygen atoms in total. The molecule has 0 N–H and O–H groups in total. The zero-order chi connectivity index (χ0) is 19.2. The van der Waals surface area contributed by atoms with Gasteiger partial charge >= 0.3 is 0 Å². The maximum absolute atomic E-state index is 14.3. The molecule has 0 radical (unpaired) electrons. The van der Waals surface area contributed by atoms with Gasteiger partial charge in [-0.05, 0) is 24.3 Å². The fourth-order valence-electron chi connectivity index (χ4n) is 2.58. The third-order valence-corrected chi connectivity index (χ3v) is 4.86. The molecule has 2 aromatic carbocycles. The predicted octanol–water partition coefficient (Wildman–Crippen LogP) is 3.00. The SMILES string of the molecule is COCCn1c(=NC(=O)COc2ccccc2OC)sc2cccc(F)c21. The smallest absolute Gasteiger partial charge is 0.286 e. The van der Waals surface area contributed by atoms with Crippen molar-refractivity contribution in [1.29, 1.82) is 0 Å². The van der Waals surface area contributed by atoms with Crippen molar-refractivity contribution in [3.63, 3.8) is 0 Å². The topological polar surface area (TPSA) is 62.1 Å². The second-order valence-corrected chi connectivity index (χ2v) is 6.57. The number of hydrogen-bond acceptors (Lipinski definition) is 5. The van der Waals surface area contributed by atoms with Crippen LogP contribution in [0.15, 0.2) is 47.5 Å². The fraction of sp³-hybridized carbons (Fsp3) is 0.263. The van der Waals surface area contributed by atoms with Gasteiger partial charge in [0.2, 0.25) is 0 Å². The van der Waals surface area contributed by atoms with Crippen LogP contribution in [0, 0.1) is 5.82 Å². The number of rotatable bonds is 7. The van der Waals surface area contributed by atoms with Crippen LogP contribution in [-0.2, 0) is 16.1 Å². The molecule has 0 spiro atoms. The van der Waals surface area contributed by atoms with E-state index < -0.39 is 5.91 Å². The van der Waals surface area contributed by atoms with Crippen molar-refractivity contribution < 1.29 is 23.4 Å². The Morgan fingerprint density at radius 3 is 2.67 bits per heavy atom. The van der Waals surface area contributed by atoms with Crippen LogP contribution >= 0.6 is 11.3 Å². The molecule has 0 aliphatic rings. The Bertz CT molecular complexity index is 1010. The van der Waals surface area contributed by atoms with Crippen molar-refractivity contribution >= 4 is 27.5 Å². The molecule has 0 saturated carbocycles. The van der Waals surface area contributed by atoms with E-state index >= 15 is 0 Å². The van der Waals surface area contributed by atoms with E-state index in [1.807, 2.05) is 6.07 Å². The lowest BCUT2D eigenvalue weighted by Gasteiger charge is -2.08. The number of fused-ring (bicyclic) bond motifs is 1. The predicted molar refractivity (Wildman–Crippen MR) is 101 cm³/mol. The first kappa shape index (κ1) is 19.1. The summed E-state index contributed by atoms with van der Waals surface area (Å²) in [5.74, 6) is 0.153. The molecule has 0 fully saturated rings. The van der Waals surface area contributed by atoms with Gasteiger partial charge in [-0.2, -0.15) is 4.99 Å². The number of aromatic nitrogens is 1. The summed E-state index contributed by atoms with van der Waals surface area (Å²) < 4.78 is 32.4. The van der Waals surface area contributed by atoms with Gasteiger partial charge in [-0.25, -0.2) is 4.39 Å². The highest BCUT2D eigenvalue weighted by molar-refractivity contribution is 7.16. The van der Waals surface area contributed by atoms with Crippen molar-refractivity contribution in [3.8, 4) is 11.5 Å². The van der Waals surface area contributed by atoms with Crippen LogP contribution in [0.4, 0.5) is 4.39 Å². The Kier molecular flexibility index (Phi) is 6.20. The molecule has 0 bridgehead atoms. The summed E-state index contributed by atoms with van der Waals surface area (Å²) in [4.78, 5) is 16.8. The Morgan fingerprint density at radius 1 is 1.15 bits per heavy atom. The van der Waals surface area contributed by atoms with Gasteiger partial charge in [0.15, 0.2) is 22.9 Å². The molecule has 0 aliphatic heterocycles. The zero-order valence-electron chi connectivity index (χ0n) is 15.0. The van der Waals surface area contributed by atoms with E-state index in [2.05, 4.69) is 4.99 Å². The van der Waals surface area contributed by atoms with Gasteiger partial charge < -0.3 is 18.8 Å². The molecule has 8 heteroatoms. The first-order valence-electron chi connectivity index (χ1n) is 8.24. The number of para-hydroxylation sites is 3. The third-order valence-electron chi connectivity index (χ3n) is 3.81. The number of carbonyl (C=O) groups is 1. The third kappa shape index (κ3) is 4.35. The van der Waals surface area contributed by atoms with Gasteiger partial charge in [-0.3, -0.25) is 4.79 Å². The standard InChI is InChI=1S/C19H19FN2O4S/c1-24-11-10-22-18-13(20)6-5-9-16(18)27-19(22)21-17(23)12-26-15-8-4-3-7-14(15)25-2/h3-9H,10-12H2,1-2H3. The van der Waals surface area contributed by atoms with Gasteiger partial charge in [0.1, 0.15) is 5.82 Å². The first-order chi connectivity index (χ1) is 13.1. The maximum atomic E-state index is 14.3. The average Bonchev–Trinajstić information content (AvgIpc) is 3.03. The number of carbonyl (C=O) groups excluding carboxylic acids is 1. The van der Waals surface area contributed by atoms with Crippen LogP contribution in [-0.4, -0.2) is 37.9 Å². The quantitative estimate of drug-likeness (QED) is 0.622. The molecule has 142 valence electrons. The average molecular weight is 390 g/mol. The van der Waals surface area contributed by atoms with Crippen LogP contribution in [0.2, 0.25) is 0 Å². The minimum absolute atomic E-state index is 0.249. The molecular weight excluding hydrogens is 371 g/mol. The number of methoxy groups -OCH3 is 2. The molecule has 27 heavy (non-hydrogen) atoms. The summed E-state index contributed by atoms with van der Waals surface area (Å²) in [5.41, 5.74) is 0.414. The van der Waals surface area contributed by atoms with E-state index in [0.29, 0.717) is 39.7 Å². The Hall–Kier alpha value is -2.71. The van der Waals surface area contributed by atoms with Gasteiger partial charge in [0.05, 0.1) is 23.9 Å². The summed E-state index contributed by atoms with van der Waals surface area (Å²) in [7, 11) is 3.09. The second kappa shape index (κ2) is 8.79. The molecule has 0 saturated heterocycles. The highest BCUT2D eigenvalue weighted by Gasteiger charge is 2.12.